The summed E-state index contributed by atoms with van der Waals surface area (Å²) in [6.45, 7) is 6.89. The van der Waals surface area contributed by atoms with Crippen molar-refractivity contribution in [3.05, 3.63) is 29.8 Å². The van der Waals surface area contributed by atoms with Crippen molar-refractivity contribution < 1.29 is 23.8 Å². The Kier molecular flexibility index (Phi) is 5.92. The second-order valence-corrected chi connectivity index (χ2v) is 8.79. The fraction of sp³-hybridized carbons (Fsp3) is 0.565. The summed E-state index contributed by atoms with van der Waals surface area (Å²) in [4.78, 5) is 23.8. The molecule has 2 fully saturated rings. The van der Waals surface area contributed by atoms with Crippen molar-refractivity contribution in [3.63, 3.8) is 0 Å². The molecular formula is C23H31NO5. The van der Waals surface area contributed by atoms with Crippen molar-refractivity contribution in [2.24, 2.45) is 16.7 Å². The van der Waals surface area contributed by atoms with E-state index in [0.29, 0.717) is 17.4 Å². The van der Waals surface area contributed by atoms with Crippen LogP contribution in [0.3, 0.4) is 0 Å². The minimum atomic E-state index is -0.432. The quantitative estimate of drug-likeness (QED) is 0.558. The highest BCUT2D eigenvalue weighted by molar-refractivity contribution is 5.87. The van der Waals surface area contributed by atoms with E-state index in [1.165, 1.54) is 26.7 Å². The van der Waals surface area contributed by atoms with Crippen molar-refractivity contribution in [1.29, 1.82) is 0 Å². The Morgan fingerprint density at radius 1 is 1.21 bits per heavy atom. The molecule has 2 bridgehead atoms. The van der Waals surface area contributed by atoms with E-state index in [4.69, 9.17) is 9.47 Å². The van der Waals surface area contributed by atoms with Gasteiger partial charge in [-0.25, -0.2) is 4.79 Å². The van der Waals surface area contributed by atoms with Crippen molar-refractivity contribution in [1.82, 2.24) is 5.32 Å². The van der Waals surface area contributed by atoms with Gasteiger partial charge < -0.3 is 19.5 Å². The standard InChI is InChI=1S/C23H31NO5/c1-22(2)16-10-11-23(22,3)19(13-16)24-20(25)14-29-17-8-6-15(12-18(17)27-4)7-9-21(26)28-5/h6-9,12,16,19H,10-11,13-14H2,1-5H3,(H,24,25)/b9-7+/t16-,19-,23+/m0/s1. The van der Waals surface area contributed by atoms with Gasteiger partial charge in [0.2, 0.25) is 0 Å². The van der Waals surface area contributed by atoms with Gasteiger partial charge >= 0.3 is 5.97 Å². The third-order valence-electron chi connectivity index (χ3n) is 7.29. The number of carbonyl (C=O) groups excluding carboxylic acids is 2. The first kappa shape index (κ1) is 21.2. The molecule has 3 atom stereocenters. The molecule has 2 aliphatic rings. The molecule has 1 aromatic carbocycles. The molecule has 1 aromatic rings. The molecule has 0 spiro atoms. The molecule has 2 aliphatic carbocycles. The zero-order valence-electron chi connectivity index (χ0n) is 17.9. The number of nitrogens with one attached hydrogen (secondary N) is 1. The first-order chi connectivity index (χ1) is 13.7. The van der Waals surface area contributed by atoms with Crippen LogP contribution >= 0.6 is 0 Å². The number of esters is 1. The predicted octanol–water partition coefficient (Wildman–Crippen LogP) is 3.59. The molecule has 2 saturated carbocycles. The smallest absolute Gasteiger partial charge is 0.330 e. The van der Waals surface area contributed by atoms with Crippen LogP contribution in [0.2, 0.25) is 0 Å². The molecule has 0 aromatic heterocycles. The van der Waals surface area contributed by atoms with Gasteiger partial charge in [-0.2, -0.15) is 0 Å². The van der Waals surface area contributed by atoms with Gasteiger partial charge in [0.15, 0.2) is 18.1 Å². The van der Waals surface area contributed by atoms with E-state index in [-0.39, 0.29) is 29.4 Å². The maximum atomic E-state index is 12.5. The maximum absolute atomic E-state index is 12.5. The summed E-state index contributed by atoms with van der Waals surface area (Å²) in [5.41, 5.74) is 1.16. The Morgan fingerprint density at radius 3 is 2.55 bits per heavy atom. The number of hydrogen-bond donors (Lipinski definition) is 1. The van der Waals surface area contributed by atoms with Gasteiger partial charge in [0.05, 0.1) is 14.2 Å². The first-order valence-corrected chi connectivity index (χ1v) is 10.1. The second kappa shape index (κ2) is 8.09. The van der Waals surface area contributed by atoms with Crippen molar-refractivity contribution in [2.75, 3.05) is 20.8 Å². The fourth-order valence-electron chi connectivity index (χ4n) is 4.94. The number of amides is 1. The van der Waals surface area contributed by atoms with Gasteiger partial charge in [-0.3, -0.25) is 4.79 Å². The Bertz CT molecular complexity index is 815. The monoisotopic (exact) mass is 401 g/mol. The fourth-order valence-corrected chi connectivity index (χ4v) is 4.94. The highest BCUT2D eigenvalue weighted by atomic mass is 16.5. The summed E-state index contributed by atoms with van der Waals surface area (Å²) in [6.07, 6.45) is 6.41. The van der Waals surface area contributed by atoms with E-state index < -0.39 is 5.97 Å². The van der Waals surface area contributed by atoms with E-state index in [9.17, 15) is 9.59 Å². The van der Waals surface area contributed by atoms with Gasteiger partial charge in [-0.1, -0.05) is 26.8 Å². The van der Waals surface area contributed by atoms with Crippen LogP contribution in [0.25, 0.3) is 6.08 Å². The average Bonchev–Trinajstić information content (AvgIpc) is 3.04. The minimum absolute atomic E-state index is 0.0641. The van der Waals surface area contributed by atoms with Crippen LogP contribution in [0.5, 0.6) is 11.5 Å². The summed E-state index contributed by atoms with van der Waals surface area (Å²) in [7, 11) is 2.86. The third-order valence-corrected chi connectivity index (χ3v) is 7.29. The lowest BCUT2D eigenvalue weighted by atomic mass is 9.69. The molecule has 29 heavy (non-hydrogen) atoms. The summed E-state index contributed by atoms with van der Waals surface area (Å²) in [6, 6.07) is 5.45. The summed E-state index contributed by atoms with van der Waals surface area (Å²) in [5.74, 6) is 1.11. The van der Waals surface area contributed by atoms with Gasteiger partial charge in [-0.05, 0) is 59.8 Å². The molecule has 0 aliphatic heterocycles. The molecule has 0 radical (unpaired) electrons. The highest BCUT2D eigenvalue weighted by Crippen LogP contribution is 2.65. The zero-order valence-corrected chi connectivity index (χ0v) is 17.9. The molecule has 1 N–H and O–H groups in total. The predicted molar refractivity (Wildman–Crippen MR) is 111 cm³/mol. The number of ether oxygens (including phenoxy) is 3. The zero-order chi connectivity index (χ0) is 21.2. The number of hydrogen-bond acceptors (Lipinski definition) is 5. The van der Waals surface area contributed by atoms with Crippen LogP contribution in [0, 0.1) is 16.7 Å². The van der Waals surface area contributed by atoms with Crippen molar-refractivity contribution in [2.45, 2.75) is 46.1 Å². The maximum Gasteiger partial charge on any atom is 0.330 e. The summed E-state index contributed by atoms with van der Waals surface area (Å²) >= 11 is 0. The first-order valence-electron chi connectivity index (χ1n) is 10.1. The molecular weight excluding hydrogens is 370 g/mol. The largest absolute Gasteiger partial charge is 0.493 e. The lowest BCUT2D eigenvalue weighted by molar-refractivity contribution is -0.134. The number of fused-ring (bicyclic) bond motifs is 2. The van der Waals surface area contributed by atoms with Crippen LogP contribution in [0.1, 0.15) is 45.6 Å². The average molecular weight is 402 g/mol. The topological polar surface area (TPSA) is 73.9 Å². The van der Waals surface area contributed by atoms with Crippen LogP contribution in [-0.2, 0) is 14.3 Å². The van der Waals surface area contributed by atoms with Gasteiger partial charge in [-0.15, -0.1) is 0 Å². The lowest BCUT2D eigenvalue weighted by Crippen LogP contribution is -2.48. The normalized spacial score (nSPS) is 27.1. The van der Waals surface area contributed by atoms with Gasteiger partial charge in [0.1, 0.15) is 0 Å². The second-order valence-electron chi connectivity index (χ2n) is 8.79. The summed E-state index contributed by atoms with van der Waals surface area (Å²) in [5, 5.41) is 3.20. The molecule has 0 saturated heterocycles. The number of methoxy groups -OCH3 is 2. The van der Waals surface area contributed by atoms with E-state index in [0.717, 1.165) is 18.4 Å². The van der Waals surface area contributed by atoms with E-state index in [1.807, 2.05) is 0 Å². The van der Waals surface area contributed by atoms with Crippen molar-refractivity contribution in [3.8, 4) is 11.5 Å². The minimum Gasteiger partial charge on any atom is -0.493 e. The van der Waals surface area contributed by atoms with Crippen LogP contribution in [0.15, 0.2) is 24.3 Å². The Morgan fingerprint density at radius 2 is 1.97 bits per heavy atom. The van der Waals surface area contributed by atoms with Crippen LogP contribution < -0.4 is 14.8 Å². The SMILES string of the molecule is COC(=O)/C=C/c1ccc(OCC(=O)N[C@H]2C[C@@H]3CC[C@@]2(C)C3(C)C)c(OC)c1. The number of rotatable bonds is 7. The Hall–Kier alpha value is -2.50. The summed E-state index contributed by atoms with van der Waals surface area (Å²) < 4.78 is 15.7. The third kappa shape index (κ3) is 3.98. The Balaban J connectivity index is 1.59. The molecule has 158 valence electrons. The molecule has 0 unspecified atom stereocenters. The van der Waals surface area contributed by atoms with Crippen LogP contribution in [-0.4, -0.2) is 38.7 Å². The molecule has 3 rings (SSSR count). The molecule has 1 amide bonds. The van der Waals surface area contributed by atoms with Gasteiger partial charge in [0.25, 0.3) is 5.91 Å². The molecule has 6 nitrogen and oxygen atoms in total. The van der Waals surface area contributed by atoms with E-state index in [1.54, 1.807) is 24.3 Å². The number of benzene rings is 1. The molecule has 0 heterocycles. The van der Waals surface area contributed by atoms with Crippen LogP contribution in [0.4, 0.5) is 0 Å². The molecule has 6 heteroatoms. The van der Waals surface area contributed by atoms with E-state index in [2.05, 4.69) is 30.8 Å². The van der Waals surface area contributed by atoms with Crippen molar-refractivity contribution >= 4 is 18.0 Å². The lowest BCUT2D eigenvalue weighted by Gasteiger charge is -2.39. The highest BCUT2D eigenvalue weighted by Gasteiger charge is 2.61. The number of carbonyl (C=O) groups is 2. The van der Waals surface area contributed by atoms with E-state index >= 15 is 0 Å². The van der Waals surface area contributed by atoms with Gasteiger partial charge in [0, 0.05) is 12.1 Å². The Labute approximate surface area is 172 Å².